The number of nitrogen functional groups attached to an aromatic ring is 1. The summed E-state index contributed by atoms with van der Waals surface area (Å²) in [4.78, 5) is 4.44. The SMILES string of the molecule is CCCOc1cccc2c1nc(N)n2-c1cccc(Cl)c1. The van der Waals surface area contributed by atoms with E-state index in [2.05, 4.69) is 11.9 Å². The van der Waals surface area contributed by atoms with Crippen molar-refractivity contribution in [3.05, 3.63) is 47.5 Å². The second-order valence-corrected chi connectivity index (χ2v) is 5.19. The molecule has 0 saturated heterocycles. The molecule has 0 spiro atoms. The molecule has 1 aromatic heterocycles. The molecule has 0 saturated carbocycles. The van der Waals surface area contributed by atoms with Crippen LogP contribution in [0.5, 0.6) is 5.75 Å². The molecule has 3 rings (SSSR count). The predicted octanol–water partition coefficient (Wildman–Crippen LogP) is 4.05. The molecule has 0 amide bonds. The van der Waals surface area contributed by atoms with Crippen molar-refractivity contribution in [3.63, 3.8) is 0 Å². The summed E-state index contributed by atoms with van der Waals surface area (Å²) >= 11 is 6.07. The van der Waals surface area contributed by atoms with E-state index in [-0.39, 0.29) is 0 Å². The summed E-state index contributed by atoms with van der Waals surface area (Å²) in [6.07, 6.45) is 0.945. The Balaban J connectivity index is 2.18. The first-order chi connectivity index (χ1) is 10.2. The largest absolute Gasteiger partial charge is 0.491 e. The van der Waals surface area contributed by atoms with Crippen molar-refractivity contribution in [2.45, 2.75) is 13.3 Å². The first kappa shape index (κ1) is 13.8. The van der Waals surface area contributed by atoms with Crippen molar-refractivity contribution in [1.82, 2.24) is 9.55 Å². The van der Waals surface area contributed by atoms with Crippen LogP contribution in [0.25, 0.3) is 16.7 Å². The number of halogens is 1. The number of para-hydroxylation sites is 1. The van der Waals surface area contributed by atoms with Gasteiger partial charge in [0.25, 0.3) is 0 Å². The molecule has 0 aliphatic rings. The molecule has 0 atom stereocenters. The van der Waals surface area contributed by atoms with Gasteiger partial charge in [0.2, 0.25) is 5.95 Å². The minimum atomic E-state index is 0.416. The smallest absolute Gasteiger partial charge is 0.206 e. The number of benzene rings is 2. The van der Waals surface area contributed by atoms with Crippen LogP contribution < -0.4 is 10.5 Å². The van der Waals surface area contributed by atoms with E-state index in [0.717, 1.165) is 28.9 Å². The minimum Gasteiger partial charge on any atom is -0.491 e. The molecule has 0 radical (unpaired) electrons. The second-order valence-electron chi connectivity index (χ2n) is 4.76. The van der Waals surface area contributed by atoms with Crippen LogP contribution in [0.3, 0.4) is 0 Å². The van der Waals surface area contributed by atoms with E-state index < -0.39 is 0 Å². The van der Waals surface area contributed by atoms with Crippen LogP contribution in [0, 0.1) is 0 Å². The van der Waals surface area contributed by atoms with E-state index >= 15 is 0 Å². The molecule has 1 heterocycles. The summed E-state index contributed by atoms with van der Waals surface area (Å²) in [6, 6.07) is 13.3. The number of imidazole rings is 1. The van der Waals surface area contributed by atoms with Gasteiger partial charge in [-0.1, -0.05) is 30.7 Å². The molecule has 21 heavy (non-hydrogen) atoms. The molecule has 108 valence electrons. The van der Waals surface area contributed by atoms with Crippen LogP contribution in [0.4, 0.5) is 5.95 Å². The summed E-state index contributed by atoms with van der Waals surface area (Å²) in [7, 11) is 0. The highest BCUT2D eigenvalue weighted by atomic mass is 35.5. The molecule has 0 unspecified atom stereocenters. The second kappa shape index (κ2) is 5.66. The standard InChI is InChI=1S/C16H16ClN3O/c1-2-9-21-14-8-4-7-13-15(14)19-16(18)20(13)12-6-3-5-11(17)10-12/h3-8,10H,2,9H2,1H3,(H2,18,19). The lowest BCUT2D eigenvalue weighted by Crippen LogP contribution is -2.00. The average Bonchev–Trinajstić information content (AvgIpc) is 2.81. The van der Waals surface area contributed by atoms with Gasteiger partial charge in [0.05, 0.1) is 17.8 Å². The first-order valence-electron chi connectivity index (χ1n) is 6.86. The quantitative estimate of drug-likeness (QED) is 0.791. The van der Waals surface area contributed by atoms with Crippen LogP contribution in [0.1, 0.15) is 13.3 Å². The summed E-state index contributed by atoms with van der Waals surface area (Å²) in [6.45, 7) is 2.72. The predicted molar refractivity (Wildman–Crippen MR) is 86.3 cm³/mol. The molecule has 3 aromatic rings. The maximum Gasteiger partial charge on any atom is 0.206 e. The number of nitrogens with zero attached hydrogens (tertiary/aromatic N) is 2. The van der Waals surface area contributed by atoms with Gasteiger partial charge < -0.3 is 10.5 Å². The lowest BCUT2D eigenvalue weighted by Gasteiger charge is -2.08. The van der Waals surface area contributed by atoms with Crippen molar-refractivity contribution < 1.29 is 4.74 Å². The third-order valence-electron chi connectivity index (χ3n) is 3.20. The van der Waals surface area contributed by atoms with Gasteiger partial charge in [0.15, 0.2) is 0 Å². The Bertz CT molecular complexity index is 782. The highest BCUT2D eigenvalue weighted by Crippen LogP contribution is 2.30. The molecule has 0 aliphatic heterocycles. The van der Waals surface area contributed by atoms with Crippen molar-refractivity contribution >= 4 is 28.6 Å². The first-order valence-corrected chi connectivity index (χ1v) is 7.24. The van der Waals surface area contributed by atoms with Gasteiger partial charge in [0.1, 0.15) is 11.3 Å². The lowest BCUT2D eigenvalue weighted by molar-refractivity contribution is 0.320. The van der Waals surface area contributed by atoms with Crippen LogP contribution >= 0.6 is 11.6 Å². The molecule has 0 fully saturated rings. The van der Waals surface area contributed by atoms with Gasteiger partial charge in [-0.2, -0.15) is 0 Å². The molecule has 0 aliphatic carbocycles. The number of hydrogen-bond donors (Lipinski definition) is 1. The Kier molecular flexibility index (Phi) is 3.71. The zero-order valence-electron chi connectivity index (χ0n) is 11.7. The lowest BCUT2D eigenvalue weighted by atomic mass is 10.2. The van der Waals surface area contributed by atoms with Crippen molar-refractivity contribution in [2.75, 3.05) is 12.3 Å². The zero-order chi connectivity index (χ0) is 14.8. The normalized spacial score (nSPS) is 11.0. The van der Waals surface area contributed by atoms with E-state index in [0.29, 0.717) is 17.6 Å². The van der Waals surface area contributed by atoms with Crippen LogP contribution in [0.15, 0.2) is 42.5 Å². The van der Waals surface area contributed by atoms with Crippen LogP contribution in [0.2, 0.25) is 5.02 Å². The number of aromatic nitrogens is 2. The fourth-order valence-electron chi connectivity index (χ4n) is 2.31. The van der Waals surface area contributed by atoms with E-state index in [1.807, 2.05) is 47.0 Å². The van der Waals surface area contributed by atoms with Gasteiger partial charge >= 0.3 is 0 Å². The Morgan fingerprint density at radius 1 is 1.24 bits per heavy atom. The molecular formula is C16H16ClN3O. The Hall–Kier alpha value is -2.20. The van der Waals surface area contributed by atoms with E-state index in [9.17, 15) is 0 Å². The molecule has 2 N–H and O–H groups in total. The molecule has 2 aromatic carbocycles. The van der Waals surface area contributed by atoms with Crippen LogP contribution in [-0.4, -0.2) is 16.2 Å². The number of rotatable bonds is 4. The van der Waals surface area contributed by atoms with Gasteiger partial charge in [-0.25, -0.2) is 4.98 Å². The fraction of sp³-hybridized carbons (Fsp3) is 0.188. The van der Waals surface area contributed by atoms with E-state index in [1.54, 1.807) is 0 Å². The number of ether oxygens (including phenoxy) is 1. The minimum absolute atomic E-state index is 0.416. The van der Waals surface area contributed by atoms with Crippen LogP contribution in [-0.2, 0) is 0 Å². The third-order valence-corrected chi connectivity index (χ3v) is 3.44. The van der Waals surface area contributed by atoms with Gasteiger partial charge in [-0.3, -0.25) is 4.57 Å². The van der Waals surface area contributed by atoms with Gasteiger partial charge in [-0.15, -0.1) is 0 Å². The summed E-state index contributed by atoms with van der Waals surface area (Å²) < 4.78 is 7.61. The molecule has 4 nitrogen and oxygen atoms in total. The third kappa shape index (κ3) is 2.54. The number of anilines is 1. The number of nitrogens with two attached hydrogens (primary N) is 1. The Morgan fingerprint density at radius 2 is 2.05 bits per heavy atom. The molecular weight excluding hydrogens is 286 g/mol. The Morgan fingerprint density at radius 3 is 2.81 bits per heavy atom. The maximum atomic E-state index is 6.09. The van der Waals surface area contributed by atoms with Crippen molar-refractivity contribution in [3.8, 4) is 11.4 Å². The Labute approximate surface area is 128 Å². The summed E-state index contributed by atoms with van der Waals surface area (Å²) in [5.41, 5.74) is 8.64. The van der Waals surface area contributed by atoms with Gasteiger partial charge in [0, 0.05) is 5.02 Å². The van der Waals surface area contributed by atoms with E-state index in [4.69, 9.17) is 22.1 Å². The molecule has 0 bridgehead atoms. The highest BCUT2D eigenvalue weighted by molar-refractivity contribution is 6.30. The topological polar surface area (TPSA) is 53.1 Å². The summed E-state index contributed by atoms with van der Waals surface area (Å²) in [5.74, 6) is 1.17. The summed E-state index contributed by atoms with van der Waals surface area (Å²) in [5, 5.41) is 0.659. The van der Waals surface area contributed by atoms with Crippen molar-refractivity contribution in [1.29, 1.82) is 0 Å². The van der Waals surface area contributed by atoms with E-state index in [1.165, 1.54) is 0 Å². The molecule has 5 heteroatoms. The monoisotopic (exact) mass is 301 g/mol. The number of fused-ring (bicyclic) bond motifs is 1. The van der Waals surface area contributed by atoms with Crippen molar-refractivity contribution in [2.24, 2.45) is 0 Å². The van der Waals surface area contributed by atoms with Gasteiger partial charge in [-0.05, 0) is 36.8 Å². The zero-order valence-corrected chi connectivity index (χ0v) is 12.5. The number of hydrogen-bond acceptors (Lipinski definition) is 3. The maximum absolute atomic E-state index is 6.09. The average molecular weight is 302 g/mol. The highest BCUT2D eigenvalue weighted by Gasteiger charge is 2.13. The fourth-order valence-corrected chi connectivity index (χ4v) is 2.49.